The molecule has 118 valence electrons. The fourth-order valence-corrected chi connectivity index (χ4v) is 1.79. The predicted molar refractivity (Wildman–Crippen MR) is 74.8 cm³/mol. The molecule has 2 N–H and O–H groups in total. The molecule has 0 saturated heterocycles. The van der Waals surface area contributed by atoms with E-state index in [1.54, 1.807) is 0 Å². The van der Waals surface area contributed by atoms with Crippen molar-refractivity contribution in [2.45, 2.75) is 39.4 Å². The highest BCUT2D eigenvalue weighted by Gasteiger charge is 2.28. The van der Waals surface area contributed by atoms with Crippen molar-refractivity contribution in [2.24, 2.45) is 5.92 Å². The average Bonchev–Trinajstić information content (AvgIpc) is 2.69. The lowest BCUT2D eigenvalue weighted by atomic mass is 10.1. The van der Waals surface area contributed by atoms with E-state index in [1.165, 1.54) is 16.6 Å². The van der Waals surface area contributed by atoms with Gasteiger partial charge in [-0.15, -0.1) is 0 Å². The number of nitrogen functional groups attached to an aromatic ring is 1. The van der Waals surface area contributed by atoms with E-state index < -0.39 is 12.6 Å². The van der Waals surface area contributed by atoms with Crippen molar-refractivity contribution in [3.63, 3.8) is 0 Å². The number of halogens is 3. The maximum Gasteiger partial charge on any atom is 0.390 e. The summed E-state index contributed by atoms with van der Waals surface area (Å²) in [5, 5.41) is 13.3. The van der Waals surface area contributed by atoms with Gasteiger partial charge in [0.2, 0.25) is 0 Å². The molecule has 0 radical (unpaired) electrons. The van der Waals surface area contributed by atoms with Crippen molar-refractivity contribution in [1.82, 2.24) is 9.78 Å². The molecule has 21 heavy (non-hydrogen) atoms. The molecule has 0 spiro atoms. The highest BCUT2D eigenvalue weighted by atomic mass is 19.4. The molecule has 0 atom stereocenters. The molecule has 0 saturated carbocycles. The minimum Gasteiger partial charge on any atom is -0.383 e. The molecule has 0 amide bonds. The van der Waals surface area contributed by atoms with Crippen LogP contribution < -0.4 is 10.6 Å². The van der Waals surface area contributed by atoms with Crippen molar-refractivity contribution in [2.75, 3.05) is 24.2 Å². The van der Waals surface area contributed by atoms with Crippen LogP contribution in [-0.4, -0.2) is 29.5 Å². The fourth-order valence-electron chi connectivity index (χ4n) is 1.79. The fraction of sp³-hybridized carbons (Fsp3) is 0.692. The summed E-state index contributed by atoms with van der Waals surface area (Å²) < 4.78 is 38.3. The van der Waals surface area contributed by atoms with Gasteiger partial charge in [-0.05, 0) is 12.3 Å². The van der Waals surface area contributed by atoms with Crippen LogP contribution in [0.25, 0.3) is 0 Å². The Balaban J connectivity index is 2.91. The molecule has 0 aliphatic heterocycles. The van der Waals surface area contributed by atoms with Crippen LogP contribution in [0.5, 0.6) is 0 Å². The standard InChI is InChI=1S/C13H20F3N5/c1-9(2)4-6-21-11(18)10(8-17)12(19-21)20(3)7-5-13(14,15)16/h9H,4-7,18H2,1-3H3. The van der Waals surface area contributed by atoms with Crippen LogP contribution in [0.2, 0.25) is 0 Å². The van der Waals surface area contributed by atoms with E-state index in [9.17, 15) is 13.2 Å². The van der Waals surface area contributed by atoms with Crippen LogP contribution in [0.4, 0.5) is 24.8 Å². The Morgan fingerprint density at radius 1 is 1.43 bits per heavy atom. The number of nitrogens with two attached hydrogens (primary N) is 1. The molecule has 1 aromatic heterocycles. The first-order valence-electron chi connectivity index (χ1n) is 6.70. The van der Waals surface area contributed by atoms with Crippen molar-refractivity contribution < 1.29 is 13.2 Å². The molecule has 8 heteroatoms. The molecule has 0 aliphatic rings. The quantitative estimate of drug-likeness (QED) is 0.877. The third kappa shape index (κ3) is 4.85. The largest absolute Gasteiger partial charge is 0.390 e. The van der Waals surface area contributed by atoms with Gasteiger partial charge in [-0.1, -0.05) is 13.8 Å². The smallest absolute Gasteiger partial charge is 0.383 e. The number of hydrogen-bond acceptors (Lipinski definition) is 4. The van der Waals surface area contributed by atoms with E-state index in [1.807, 2.05) is 19.9 Å². The summed E-state index contributed by atoms with van der Waals surface area (Å²) in [6.45, 7) is 4.35. The molecule has 0 fully saturated rings. The molecular formula is C13H20F3N5. The van der Waals surface area contributed by atoms with Crippen LogP contribution in [0.15, 0.2) is 0 Å². The van der Waals surface area contributed by atoms with Gasteiger partial charge in [-0.2, -0.15) is 23.5 Å². The van der Waals surface area contributed by atoms with Gasteiger partial charge < -0.3 is 10.6 Å². The summed E-state index contributed by atoms with van der Waals surface area (Å²) in [4.78, 5) is 1.31. The van der Waals surface area contributed by atoms with E-state index in [0.717, 1.165) is 6.42 Å². The highest BCUT2D eigenvalue weighted by molar-refractivity contribution is 5.64. The normalized spacial score (nSPS) is 11.7. The van der Waals surface area contributed by atoms with E-state index in [4.69, 9.17) is 11.0 Å². The van der Waals surface area contributed by atoms with E-state index in [2.05, 4.69) is 5.10 Å². The Bertz CT molecular complexity index is 513. The molecular weight excluding hydrogens is 283 g/mol. The lowest BCUT2D eigenvalue weighted by molar-refractivity contribution is -0.132. The van der Waals surface area contributed by atoms with Crippen LogP contribution in [-0.2, 0) is 6.54 Å². The summed E-state index contributed by atoms with van der Waals surface area (Å²) in [5.74, 6) is 0.834. The van der Waals surface area contributed by atoms with Gasteiger partial charge in [0.25, 0.3) is 0 Å². The molecule has 1 rings (SSSR count). The van der Waals surface area contributed by atoms with E-state index in [0.29, 0.717) is 12.5 Å². The number of nitrogens with zero attached hydrogens (tertiary/aromatic N) is 4. The van der Waals surface area contributed by atoms with Gasteiger partial charge in [0.05, 0.1) is 6.42 Å². The third-order valence-corrected chi connectivity index (χ3v) is 3.10. The Morgan fingerprint density at radius 2 is 2.05 bits per heavy atom. The first-order valence-corrected chi connectivity index (χ1v) is 6.70. The Morgan fingerprint density at radius 3 is 2.52 bits per heavy atom. The second-order valence-electron chi connectivity index (χ2n) is 5.39. The predicted octanol–water partition coefficient (Wildman–Crippen LogP) is 2.77. The minimum atomic E-state index is -4.24. The summed E-state index contributed by atoms with van der Waals surface area (Å²) in [6, 6.07) is 1.92. The third-order valence-electron chi connectivity index (χ3n) is 3.10. The van der Waals surface area contributed by atoms with Crippen molar-refractivity contribution in [3.8, 4) is 6.07 Å². The Labute approximate surface area is 122 Å². The molecule has 0 unspecified atom stereocenters. The van der Waals surface area contributed by atoms with Gasteiger partial charge in [-0.3, -0.25) is 0 Å². The zero-order chi connectivity index (χ0) is 16.2. The molecule has 0 aliphatic carbocycles. The number of hydrogen-bond donors (Lipinski definition) is 1. The number of aromatic nitrogens is 2. The monoisotopic (exact) mass is 303 g/mol. The molecule has 1 aromatic rings. The van der Waals surface area contributed by atoms with Gasteiger partial charge in [0, 0.05) is 20.1 Å². The molecule has 1 heterocycles. The van der Waals surface area contributed by atoms with Gasteiger partial charge in [-0.25, -0.2) is 4.68 Å². The van der Waals surface area contributed by atoms with E-state index >= 15 is 0 Å². The van der Waals surface area contributed by atoms with Crippen LogP contribution >= 0.6 is 0 Å². The summed E-state index contributed by atoms with van der Waals surface area (Å²) in [6.07, 6.45) is -4.39. The maximum absolute atomic E-state index is 12.3. The van der Waals surface area contributed by atoms with Crippen LogP contribution in [0.1, 0.15) is 32.3 Å². The lowest BCUT2D eigenvalue weighted by Gasteiger charge is -2.17. The van der Waals surface area contributed by atoms with Crippen LogP contribution in [0, 0.1) is 17.2 Å². The summed E-state index contributed by atoms with van der Waals surface area (Å²) >= 11 is 0. The zero-order valence-corrected chi connectivity index (χ0v) is 12.4. The van der Waals surface area contributed by atoms with Crippen LogP contribution in [0.3, 0.4) is 0 Å². The average molecular weight is 303 g/mol. The second kappa shape index (κ2) is 6.70. The van der Waals surface area contributed by atoms with Gasteiger partial charge >= 0.3 is 6.18 Å². The number of nitriles is 1. The first-order chi connectivity index (χ1) is 9.65. The van der Waals surface area contributed by atoms with E-state index in [-0.39, 0.29) is 23.7 Å². The first kappa shape index (κ1) is 17.1. The van der Waals surface area contributed by atoms with Gasteiger partial charge in [0.15, 0.2) is 5.82 Å². The van der Waals surface area contributed by atoms with Gasteiger partial charge in [0.1, 0.15) is 17.5 Å². The Hall–Kier alpha value is -1.91. The van der Waals surface area contributed by atoms with Crippen molar-refractivity contribution in [1.29, 1.82) is 5.26 Å². The topological polar surface area (TPSA) is 70.9 Å². The zero-order valence-electron chi connectivity index (χ0n) is 12.4. The number of alkyl halides is 3. The minimum absolute atomic E-state index is 0.128. The SMILES string of the molecule is CC(C)CCn1nc(N(C)CCC(F)(F)F)c(C#N)c1N. The lowest BCUT2D eigenvalue weighted by Crippen LogP contribution is -2.25. The van der Waals surface area contributed by atoms with Crippen molar-refractivity contribution in [3.05, 3.63) is 5.56 Å². The molecule has 0 bridgehead atoms. The molecule has 0 aromatic carbocycles. The molecule has 5 nitrogen and oxygen atoms in total. The second-order valence-corrected chi connectivity index (χ2v) is 5.39. The summed E-state index contributed by atoms with van der Waals surface area (Å²) in [5.41, 5.74) is 5.98. The Kier molecular flexibility index (Phi) is 5.47. The van der Waals surface area contributed by atoms with Crippen molar-refractivity contribution >= 4 is 11.6 Å². The number of anilines is 2. The highest BCUT2D eigenvalue weighted by Crippen LogP contribution is 2.26. The maximum atomic E-state index is 12.3. The summed E-state index contributed by atoms with van der Waals surface area (Å²) in [7, 11) is 1.47. The number of aryl methyl sites for hydroxylation is 1. The number of rotatable bonds is 6.